The van der Waals surface area contributed by atoms with Gasteiger partial charge in [-0.1, -0.05) is 6.08 Å². The van der Waals surface area contributed by atoms with Crippen molar-refractivity contribution in [1.29, 1.82) is 0 Å². The summed E-state index contributed by atoms with van der Waals surface area (Å²) in [5, 5.41) is 8.48. The predicted octanol–water partition coefficient (Wildman–Crippen LogP) is 1.37. The van der Waals surface area contributed by atoms with Crippen LogP contribution < -0.4 is 16.0 Å². The van der Waals surface area contributed by atoms with Gasteiger partial charge in [0, 0.05) is 25.0 Å². The van der Waals surface area contributed by atoms with Gasteiger partial charge in [0.2, 0.25) is 11.8 Å². The molecule has 1 atom stereocenters. The lowest BCUT2D eigenvalue weighted by Gasteiger charge is -2.15. The Balaban J connectivity index is 2.52. The Labute approximate surface area is 124 Å². The van der Waals surface area contributed by atoms with Crippen molar-refractivity contribution in [3.63, 3.8) is 0 Å². The van der Waals surface area contributed by atoms with Crippen LogP contribution in [0.25, 0.3) is 0 Å². The van der Waals surface area contributed by atoms with Crippen LogP contribution in [0.4, 0.5) is 11.4 Å². The third-order valence-corrected chi connectivity index (χ3v) is 2.64. The maximum absolute atomic E-state index is 11.7. The third kappa shape index (κ3) is 6.09. The molecule has 0 bridgehead atoms. The fraction of sp³-hybridized carbons (Fsp3) is 0.333. The Morgan fingerprint density at radius 2 is 1.90 bits per heavy atom. The lowest BCUT2D eigenvalue weighted by Crippen LogP contribution is -2.37. The summed E-state index contributed by atoms with van der Waals surface area (Å²) in [4.78, 5) is 23.1. The number of hydrogen-bond acceptors (Lipinski definition) is 4. The SMILES string of the molecule is C=CCNC(=O)[C@H](C)Nc1ccc(NC(=O)COC)cc1. The number of methoxy groups -OCH3 is 1. The van der Waals surface area contributed by atoms with Gasteiger partial charge in [0.1, 0.15) is 12.6 Å². The minimum atomic E-state index is -0.362. The second-order valence-corrected chi connectivity index (χ2v) is 4.46. The van der Waals surface area contributed by atoms with Crippen LogP contribution in [-0.4, -0.2) is 38.1 Å². The highest BCUT2D eigenvalue weighted by Crippen LogP contribution is 2.14. The molecule has 1 aromatic carbocycles. The molecule has 0 aliphatic rings. The fourth-order valence-corrected chi connectivity index (χ4v) is 1.62. The van der Waals surface area contributed by atoms with Crippen LogP contribution in [0.1, 0.15) is 6.92 Å². The molecule has 6 heteroatoms. The van der Waals surface area contributed by atoms with Gasteiger partial charge in [0.25, 0.3) is 0 Å². The summed E-state index contributed by atoms with van der Waals surface area (Å²) >= 11 is 0. The first-order chi connectivity index (χ1) is 10.1. The molecule has 0 radical (unpaired) electrons. The summed E-state index contributed by atoms with van der Waals surface area (Å²) in [5.41, 5.74) is 1.47. The minimum absolute atomic E-state index is 0.0144. The van der Waals surface area contributed by atoms with Gasteiger partial charge in [0.15, 0.2) is 0 Å². The van der Waals surface area contributed by atoms with Crippen molar-refractivity contribution in [2.45, 2.75) is 13.0 Å². The number of nitrogens with one attached hydrogen (secondary N) is 3. The quantitative estimate of drug-likeness (QED) is 0.632. The molecule has 0 heterocycles. The molecule has 0 fully saturated rings. The first-order valence-electron chi connectivity index (χ1n) is 6.60. The number of carbonyl (C=O) groups is 2. The Morgan fingerprint density at radius 3 is 2.48 bits per heavy atom. The summed E-state index contributed by atoms with van der Waals surface area (Å²) < 4.78 is 4.73. The maximum atomic E-state index is 11.7. The van der Waals surface area contributed by atoms with Crippen molar-refractivity contribution in [3.8, 4) is 0 Å². The van der Waals surface area contributed by atoms with Crippen LogP contribution in [0.2, 0.25) is 0 Å². The molecule has 0 aromatic heterocycles. The normalized spacial score (nSPS) is 11.3. The molecular formula is C15H21N3O3. The summed E-state index contributed by atoms with van der Waals surface area (Å²) in [6, 6.07) is 6.73. The first kappa shape index (κ1) is 16.7. The smallest absolute Gasteiger partial charge is 0.250 e. The number of anilines is 2. The van der Waals surface area contributed by atoms with E-state index in [9.17, 15) is 9.59 Å². The topological polar surface area (TPSA) is 79.5 Å². The molecule has 0 aliphatic carbocycles. The fourth-order valence-electron chi connectivity index (χ4n) is 1.62. The first-order valence-corrected chi connectivity index (χ1v) is 6.60. The number of rotatable bonds is 8. The number of ether oxygens (including phenoxy) is 1. The molecule has 114 valence electrons. The van der Waals surface area contributed by atoms with Crippen LogP contribution in [0.5, 0.6) is 0 Å². The maximum Gasteiger partial charge on any atom is 0.250 e. The Hall–Kier alpha value is -2.34. The van der Waals surface area contributed by atoms with Crippen molar-refractivity contribution in [2.75, 3.05) is 30.9 Å². The number of hydrogen-bond donors (Lipinski definition) is 3. The van der Waals surface area contributed by atoms with E-state index in [4.69, 9.17) is 4.74 Å². The monoisotopic (exact) mass is 291 g/mol. The third-order valence-electron chi connectivity index (χ3n) is 2.64. The highest BCUT2D eigenvalue weighted by molar-refractivity contribution is 5.92. The van der Waals surface area contributed by atoms with E-state index in [-0.39, 0.29) is 24.5 Å². The standard InChI is InChI=1S/C15H21N3O3/c1-4-9-16-15(20)11(2)17-12-5-7-13(8-6-12)18-14(19)10-21-3/h4-8,11,17H,1,9-10H2,2-3H3,(H,16,20)(H,18,19)/t11-/m0/s1. The molecule has 1 rings (SSSR count). The second-order valence-electron chi connectivity index (χ2n) is 4.46. The van der Waals surface area contributed by atoms with Crippen LogP contribution in [-0.2, 0) is 14.3 Å². The van der Waals surface area contributed by atoms with Gasteiger partial charge in [-0.3, -0.25) is 9.59 Å². The van der Waals surface area contributed by atoms with E-state index in [0.717, 1.165) is 5.69 Å². The Kier molecular flexibility index (Phi) is 6.97. The molecule has 0 aliphatic heterocycles. The van der Waals surface area contributed by atoms with Gasteiger partial charge >= 0.3 is 0 Å². The van der Waals surface area contributed by atoms with Gasteiger partial charge in [-0.15, -0.1) is 6.58 Å². The zero-order valence-electron chi connectivity index (χ0n) is 12.3. The van der Waals surface area contributed by atoms with Crippen LogP contribution in [0.3, 0.4) is 0 Å². The largest absolute Gasteiger partial charge is 0.375 e. The van der Waals surface area contributed by atoms with Gasteiger partial charge in [-0.2, -0.15) is 0 Å². The van der Waals surface area contributed by atoms with Crippen LogP contribution >= 0.6 is 0 Å². The van der Waals surface area contributed by atoms with E-state index in [1.54, 1.807) is 37.3 Å². The van der Waals surface area contributed by atoms with E-state index in [2.05, 4.69) is 22.5 Å². The van der Waals surface area contributed by atoms with Gasteiger partial charge < -0.3 is 20.7 Å². The van der Waals surface area contributed by atoms with E-state index in [0.29, 0.717) is 12.2 Å². The molecule has 2 amide bonds. The number of benzene rings is 1. The van der Waals surface area contributed by atoms with Gasteiger partial charge in [0.05, 0.1) is 0 Å². The highest BCUT2D eigenvalue weighted by atomic mass is 16.5. The van der Waals surface area contributed by atoms with Crippen molar-refractivity contribution in [1.82, 2.24) is 5.32 Å². The van der Waals surface area contributed by atoms with Crippen LogP contribution in [0.15, 0.2) is 36.9 Å². The molecule has 0 unspecified atom stereocenters. The average Bonchev–Trinajstić information content (AvgIpc) is 2.47. The van der Waals surface area contributed by atoms with Crippen molar-refractivity contribution in [3.05, 3.63) is 36.9 Å². The van der Waals surface area contributed by atoms with Crippen LogP contribution in [0, 0.1) is 0 Å². The highest BCUT2D eigenvalue weighted by Gasteiger charge is 2.11. The van der Waals surface area contributed by atoms with E-state index in [1.165, 1.54) is 7.11 Å². The Bertz CT molecular complexity index is 485. The predicted molar refractivity (Wildman–Crippen MR) is 83.2 cm³/mol. The van der Waals surface area contributed by atoms with Crippen molar-refractivity contribution >= 4 is 23.2 Å². The molecule has 0 saturated carbocycles. The summed E-state index contributed by atoms with van der Waals surface area (Å²) in [5.74, 6) is -0.317. The van der Waals surface area contributed by atoms with Crippen molar-refractivity contribution in [2.24, 2.45) is 0 Å². The molecular weight excluding hydrogens is 270 g/mol. The van der Waals surface area contributed by atoms with E-state index < -0.39 is 0 Å². The summed E-state index contributed by atoms with van der Waals surface area (Å²) in [7, 11) is 1.46. The van der Waals surface area contributed by atoms with Gasteiger partial charge in [-0.05, 0) is 31.2 Å². The lowest BCUT2D eigenvalue weighted by atomic mass is 10.2. The molecule has 1 aromatic rings. The molecule has 0 saturated heterocycles. The van der Waals surface area contributed by atoms with Crippen molar-refractivity contribution < 1.29 is 14.3 Å². The lowest BCUT2D eigenvalue weighted by molar-refractivity contribution is -0.121. The second kappa shape index (κ2) is 8.76. The summed E-state index contributed by atoms with van der Waals surface area (Å²) in [6.45, 7) is 5.77. The molecule has 21 heavy (non-hydrogen) atoms. The summed E-state index contributed by atoms with van der Waals surface area (Å²) in [6.07, 6.45) is 1.63. The minimum Gasteiger partial charge on any atom is -0.375 e. The molecule has 0 spiro atoms. The average molecular weight is 291 g/mol. The van der Waals surface area contributed by atoms with Gasteiger partial charge in [-0.25, -0.2) is 0 Å². The zero-order chi connectivity index (χ0) is 15.7. The number of carbonyl (C=O) groups excluding carboxylic acids is 2. The molecule has 6 nitrogen and oxygen atoms in total. The van der Waals surface area contributed by atoms with E-state index in [1.807, 2.05) is 0 Å². The van der Waals surface area contributed by atoms with E-state index >= 15 is 0 Å². The molecule has 3 N–H and O–H groups in total. The Morgan fingerprint density at radius 1 is 1.29 bits per heavy atom. The number of amides is 2. The zero-order valence-corrected chi connectivity index (χ0v) is 12.3.